The first-order valence-corrected chi connectivity index (χ1v) is 9.88. The summed E-state index contributed by atoms with van der Waals surface area (Å²) < 4.78 is 27.0. The second-order valence-electron chi connectivity index (χ2n) is 6.25. The Morgan fingerprint density at radius 3 is 2.54 bits per heavy atom. The fraction of sp³-hybridized carbons (Fsp3) is 0.150. The Morgan fingerprint density at radius 1 is 1.04 bits per heavy atom. The van der Waals surface area contributed by atoms with Crippen LogP contribution in [-0.2, 0) is 21.2 Å². The quantitative estimate of drug-likeness (QED) is 0.768. The molecule has 3 aromatic carbocycles. The van der Waals surface area contributed by atoms with E-state index in [9.17, 15) is 13.2 Å². The fourth-order valence-electron chi connectivity index (χ4n) is 3.33. The van der Waals surface area contributed by atoms with Crippen molar-refractivity contribution in [1.82, 2.24) is 0 Å². The van der Waals surface area contributed by atoms with Gasteiger partial charge in [-0.05, 0) is 41.6 Å². The minimum Gasteiger partial charge on any atom is -0.325 e. The van der Waals surface area contributed by atoms with E-state index in [0.717, 1.165) is 17.4 Å². The zero-order valence-electron chi connectivity index (χ0n) is 14.3. The fourth-order valence-corrected chi connectivity index (χ4v) is 5.00. The van der Waals surface area contributed by atoms with Crippen molar-refractivity contribution in [2.45, 2.75) is 18.2 Å². The van der Waals surface area contributed by atoms with Crippen LogP contribution in [0.5, 0.6) is 0 Å². The highest BCUT2D eigenvalue weighted by molar-refractivity contribution is 7.93. The molecule has 132 valence electrons. The van der Waals surface area contributed by atoms with Gasteiger partial charge >= 0.3 is 0 Å². The number of aryl methyl sites for hydroxylation is 1. The van der Waals surface area contributed by atoms with Gasteiger partial charge in [-0.1, -0.05) is 43.3 Å². The summed E-state index contributed by atoms with van der Waals surface area (Å²) in [4.78, 5) is 12.8. The summed E-state index contributed by atoms with van der Waals surface area (Å²) >= 11 is 0. The number of amides is 1. The van der Waals surface area contributed by atoms with Gasteiger partial charge in [-0.3, -0.25) is 9.10 Å². The number of carbonyl (C=O) groups is 1. The Bertz CT molecular complexity index is 1120. The van der Waals surface area contributed by atoms with Gasteiger partial charge in [0.25, 0.3) is 10.0 Å². The van der Waals surface area contributed by atoms with E-state index < -0.39 is 10.0 Å². The first kappa shape index (κ1) is 16.6. The van der Waals surface area contributed by atoms with Crippen LogP contribution >= 0.6 is 0 Å². The maximum Gasteiger partial charge on any atom is 0.265 e. The molecule has 4 rings (SSSR count). The van der Waals surface area contributed by atoms with Crippen molar-refractivity contribution < 1.29 is 13.2 Å². The Labute approximate surface area is 152 Å². The zero-order valence-corrected chi connectivity index (χ0v) is 15.1. The smallest absolute Gasteiger partial charge is 0.265 e. The maximum absolute atomic E-state index is 12.9. The van der Waals surface area contributed by atoms with Gasteiger partial charge in [0.1, 0.15) is 6.54 Å². The average molecular weight is 366 g/mol. The van der Waals surface area contributed by atoms with Gasteiger partial charge in [0.15, 0.2) is 0 Å². The topological polar surface area (TPSA) is 66.5 Å². The zero-order chi connectivity index (χ0) is 18.3. The van der Waals surface area contributed by atoms with E-state index in [1.165, 1.54) is 4.31 Å². The van der Waals surface area contributed by atoms with Gasteiger partial charge in [-0.25, -0.2) is 8.42 Å². The first-order valence-electron chi connectivity index (χ1n) is 8.44. The van der Waals surface area contributed by atoms with Crippen molar-refractivity contribution in [2.75, 3.05) is 16.2 Å². The van der Waals surface area contributed by atoms with Crippen molar-refractivity contribution in [3.8, 4) is 0 Å². The van der Waals surface area contributed by atoms with Crippen LogP contribution in [0.4, 0.5) is 11.4 Å². The molecule has 26 heavy (non-hydrogen) atoms. The van der Waals surface area contributed by atoms with Crippen LogP contribution in [0.3, 0.4) is 0 Å². The van der Waals surface area contributed by atoms with Gasteiger partial charge in [-0.15, -0.1) is 0 Å². The predicted octanol–water partition coefficient (Wildman–Crippen LogP) is 3.55. The molecule has 0 atom stereocenters. The molecule has 1 aliphatic rings. The Morgan fingerprint density at radius 2 is 1.77 bits per heavy atom. The first-order chi connectivity index (χ1) is 12.5. The molecule has 0 aromatic heterocycles. The molecule has 0 saturated carbocycles. The van der Waals surface area contributed by atoms with Crippen LogP contribution in [0.15, 0.2) is 65.6 Å². The third-order valence-electron chi connectivity index (χ3n) is 4.59. The molecule has 1 amide bonds. The molecule has 1 N–H and O–H groups in total. The molecule has 1 heterocycles. The Kier molecular flexibility index (Phi) is 3.92. The second-order valence-corrected chi connectivity index (χ2v) is 8.08. The maximum atomic E-state index is 12.9. The standard InChI is InChI=1S/C20H18N2O3S/c1-2-14-6-3-9-16(12-14)21-19(23)13-22-17-10-4-7-15-8-5-11-18(20(15)17)26(22,24)25/h3-12H,2,13H2,1H3,(H,21,23). The van der Waals surface area contributed by atoms with Crippen LogP contribution in [0.25, 0.3) is 10.8 Å². The molecule has 0 unspecified atom stereocenters. The predicted molar refractivity (Wildman–Crippen MR) is 103 cm³/mol. The molecule has 6 heteroatoms. The van der Waals surface area contributed by atoms with Gasteiger partial charge in [0.2, 0.25) is 5.91 Å². The van der Waals surface area contributed by atoms with E-state index in [-0.39, 0.29) is 17.3 Å². The molecular formula is C20H18N2O3S. The molecule has 5 nitrogen and oxygen atoms in total. The van der Waals surface area contributed by atoms with E-state index in [0.29, 0.717) is 16.8 Å². The van der Waals surface area contributed by atoms with Crippen LogP contribution in [0, 0.1) is 0 Å². The summed E-state index contributed by atoms with van der Waals surface area (Å²) in [5, 5.41) is 4.32. The van der Waals surface area contributed by atoms with E-state index in [4.69, 9.17) is 0 Å². The van der Waals surface area contributed by atoms with Crippen LogP contribution in [-0.4, -0.2) is 20.9 Å². The van der Waals surface area contributed by atoms with Crippen LogP contribution in [0.1, 0.15) is 12.5 Å². The van der Waals surface area contributed by atoms with Gasteiger partial charge in [0, 0.05) is 11.1 Å². The number of nitrogens with zero attached hydrogens (tertiary/aromatic N) is 1. The lowest BCUT2D eigenvalue weighted by atomic mass is 10.1. The molecule has 0 fully saturated rings. The SMILES string of the molecule is CCc1cccc(NC(=O)CN2c3cccc4cccc(c34)S2(=O)=O)c1. The highest BCUT2D eigenvalue weighted by Gasteiger charge is 2.36. The molecule has 0 aliphatic carbocycles. The number of hydrogen-bond donors (Lipinski definition) is 1. The van der Waals surface area contributed by atoms with Crippen molar-refractivity contribution in [3.05, 3.63) is 66.2 Å². The highest BCUT2D eigenvalue weighted by Crippen LogP contribution is 2.41. The van der Waals surface area contributed by atoms with Crippen molar-refractivity contribution in [1.29, 1.82) is 0 Å². The number of carbonyl (C=O) groups excluding carboxylic acids is 1. The minimum atomic E-state index is -3.73. The minimum absolute atomic E-state index is 0.256. The number of anilines is 2. The molecule has 0 spiro atoms. The number of benzene rings is 3. The monoisotopic (exact) mass is 366 g/mol. The van der Waals surface area contributed by atoms with Crippen LogP contribution < -0.4 is 9.62 Å². The van der Waals surface area contributed by atoms with E-state index >= 15 is 0 Å². The summed E-state index contributed by atoms with van der Waals surface area (Å²) in [5.41, 5.74) is 2.32. The third-order valence-corrected chi connectivity index (χ3v) is 6.39. The lowest BCUT2D eigenvalue weighted by Crippen LogP contribution is -2.35. The van der Waals surface area contributed by atoms with Gasteiger partial charge < -0.3 is 5.32 Å². The summed E-state index contributed by atoms with van der Waals surface area (Å²) in [5.74, 6) is -0.369. The van der Waals surface area contributed by atoms with Crippen molar-refractivity contribution >= 4 is 38.1 Å². The van der Waals surface area contributed by atoms with Crippen molar-refractivity contribution in [2.24, 2.45) is 0 Å². The van der Waals surface area contributed by atoms with Gasteiger partial charge in [-0.2, -0.15) is 0 Å². The molecule has 1 aliphatic heterocycles. The molecule has 0 radical (unpaired) electrons. The molecule has 0 bridgehead atoms. The summed E-state index contributed by atoms with van der Waals surface area (Å²) in [6.07, 6.45) is 0.863. The summed E-state index contributed by atoms with van der Waals surface area (Å²) in [6, 6.07) is 18.1. The number of nitrogens with one attached hydrogen (secondary N) is 1. The molecular weight excluding hydrogens is 348 g/mol. The second kappa shape index (κ2) is 6.14. The van der Waals surface area contributed by atoms with E-state index in [2.05, 4.69) is 5.32 Å². The Balaban J connectivity index is 1.65. The van der Waals surface area contributed by atoms with Crippen molar-refractivity contribution in [3.63, 3.8) is 0 Å². The third kappa shape index (κ3) is 2.63. The van der Waals surface area contributed by atoms with Crippen LogP contribution in [0.2, 0.25) is 0 Å². The molecule has 0 saturated heterocycles. The Hall–Kier alpha value is -2.86. The van der Waals surface area contributed by atoms with E-state index in [1.807, 2.05) is 37.3 Å². The van der Waals surface area contributed by atoms with Gasteiger partial charge in [0.05, 0.1) is 10.6 Å². The molecule has 3 aromatic rings. The number of rotatable bonds is 4. The lowest BCUT2D eigenvalue weighted by molar-refractivity contribution is -0.114. The number of hydrogen-bond acceptors (Lipinski definition) is 3. The largest absolute Gasteiger partial charge is 0.325 e. The summed E-state index contributed by atoms with van der Waals surface area (Å²) in [7, 11) is -3.73. The number of sulfonamides is 1. The summed E-state index contributed by atoms with van der Waals surface area (Å²) in [6.45, 7) is 1.78. The van der Waals surface area contributed by atoms with E-state index in [1.54, 1.807) is 30.3 Å². The lowest BCUT2D eigenvalue weighted by Gasteiger charge is -2.18. The highest BCUT2D eigenvalue weighted by atomic mass is 32.2. The normalized spacial score (nSPS) is 14.6. The average Bonchev–Trinajstić information content (AvgIpc) is 2.85.